The van der Waals surface area contributed by atoms with E-state index in [1.54, 1.807) is 12.5 Å². The average molecular weight is 236 g/mol. The summed E-state index contributed by atoms with van der Waals surface area (Å²) in [7, 11) is 0. The Bertz CT molecular complexity index is 425. The van der Waals surface area contributed by atoms with Crippen molar-refractivity contribution in [2.75, 3.05) is 6.54 Å². The third-order valence-electron chi connectivity index (χ3n) is 2.39. The van der Waals surface area contributed by atoms with Crippen LogP contribution in [0.2, 0.25) is 5.02 Å². The molecule has 0 saturated heterocycles. The van der Waals surface area contributed by atoms with E-state index in [4.69, 9.17) is 16.0 Å². The van der Waals surface area contributed by atoms with Gasteiger partial charge < -0.3 is 9.73 Å². The van der Waals surface area contributed by atoms with Gasteiger partial charge >= 0.3 is 0 Å². The van der Waals surface area contributed by atoms with E-state index in [1.165, 1.54) is 11.1 Å². The van der Waals surface area contributed by atoms with Gasteiger partial charge in [-0.15, -0.1) is 0 Å². The van der Waals surface area contributed by atoms with Crippen molar-refractivity contribution in [3.63, 3.8) is 0 Å². The monoisotopic (exact) mass is 235 g/mol. The summed E-state index contributed by atoms with van der Waals surface area (Å²) in [5, 5.41) is 4.15. The smallest absolute Gasteiger partial charge is 0.0947 e. The molecule has 2 nitrogen and oxygen atoms in total. The molecule has 2 rings (SSSR count). The molecule has 0 radical (unpaired) electrons. The summed E-state index contributed by atoms with van der Waals surface area (Å²) in [6.07, 6.45) is 4.43. The standard InChI is InChI=1S/C13H14ClNO/c14-13-3-1-2-11(8-13)4-6-15-9-12-5-7-16-10-12/h1-3,5,7-8,10,15H,4,6,9H2. The highest BCUT2D eigenvalue weighted by Gasteiger charge is 1.96. The van der Waals surface area contributed by atoms with E-state index in [0.29, 0.717) is 0 Å². The number of halogens is 1. The molecule has 0 aliphatic carbocycles. The fourth-order valence-corrected chi connectivity index (χ4v) is 1.76. The van der Waals surface area contributed by atoms with Gasteiger partial charge in [-0.05, 0) is 36.7 Å². The number of furan rings is 1. The summed E-state index contributed by atoms with van der Waals surface area (Å²) in [5.74, 6) is 0. The Morgan fingerprint density at radius 2 is 2.12 bits per heavy atom. The predicted molar refractivity (Wildman–Crippen MR) is 65.6 cm³/mol. The Kier molecular flexibility index (Phi) is 4.03. The zero-order chi connectivity index (χ0) is 11.2. The molecular formula is C13H14ClNO. The second kappa shape index (κ2) is 5.73. The highest BCUT2D eigenvalue weighted by atomic mass is 35.5. The molecule has 0 fully saturated rings. The molecule has 0 aliphatic rings. The van der Waals surface area contributed by atoms with Gasteiger partial charge in [-0.3, -0.25) is 0 Å². The topological polar surface area (TPSA) is 25.2 Å². The van der Waals surface area contributed by atoms with Crippen LogP contribution in [0.4, 0.5) is 0 Å². The Labute approximate surface area is 100 Å². The quantitative estimate of drug-likeness (QED) is 0.805. The summed E-state index contributed by atoms with van der Waals surface area (Å²) in [6.45, 7) is 1.78. The van der Waals surface area contributed by atoms with Crippen molar-refractivity contribution in [1.29, 1.82) is 0 Å². The third-order valence-corrected chi connectivity index (χ3v) is 2.62. The minimum atomic E-state index is 0.798. The van der Waals surface area contributed by atoms with Crippen LogP contribution in [-0.2, 0) is 13.0 Å². The number of rotatable bonds is 5. The van der Waals surface area contributed by atoms with Crippen LogP contribution < -0.4 is 5.32 Å². The largest absolute Gasteiger partial charge is 0.472 e. The van der Waals surface area contributed by atoms with E-state index in [0.717, 1.165) is 24.5 Å². The van der Waals surface area contributed by atoms with Crippen molar-refractivity contribution in [1.82, 2.24) is 5.32 Å². The van der Waals surface area contributed by atoms with E-state index in [2.05, 4.69) is 11.4 Å². The Morgan fingerprint density at radius 3 is 2.88 bits per heavy atom. The van der Waals surface area contributed by atoms with E-state index >= 15 is 0 Å². The van der Waals surface area contributed by atoms with Crippen molar-refractivity contribution in [2.24, 2.45) is 0 Å². The first kappa shape index (κ1) is 11.2. The molecule has 0 aliphatic heterocycles. The maximum Gasteiger partial charge on any atom is 0.0947 e. The third kappa shape index (κ3) is 3.40. The molecule has 1 aromatic carbocycles. The first-order chi connectivity index (χ1) is 7.84. The number of nitrogens with one attached hydrogen (secondary N) is 1. The van der Waals surface area contributed by atoms with Gasteiger partial charge in [0.25, 0.3) is 0 Å². The minimum Gasteiger partial charge on any atom is -0.472 e. The predicted octanol–water partition coefficient (Wildman–Crippen LogP) is 3.27. The SMILES string of the molecule is Clc1cccc(CCNCc2ccoc2)c1. The first-order valence-corrected chi connectivity index (χ1v) is 5.68. The molecule has 16 heavy (non-hydrogen) atoms. The lowest BCUT2D eigenvalue weighted by Gasteiger charge is -2.03. The average Bonchev–Trinajstić information content (AvgIpc) is 2.77. The summed E-state index contributed by atoms with van der Waals surface area (Å²) in [6, 6.07) is 9.93. The second-order valence-corrected chi connectivity index (χ2v) is 4.12. The van der Waals surface area contributed by atoms with Gasteiger partial charge in [0.15, 0.2) is 0 Å². The van der Waals surface area contributed by atoms with Gasteiger partial charge in [0.2, 0.25) is 0 Å². The lowest BCUT2D eigenvalue weighted by Crippen LogP contribution is -2.16. The molecule has 0 spiro atoms. The van der Waals surface area contributed by atoms with E-state index in [1.807, 2.05) is 24.3 Å². The molecule has 2 aromatic rings. The highest BCUT2D eigenvalue weighted by Crippen LogP contribution is 2.10. The molecule has 1 heterocycles. The lowest BCUT2D eigenvalue weighted by molar-refractivity contribution is 0.560. The van der Waals surface area contributed by atoms with Crippen LogP contribution in [0.5, 0.6) is 0 Å². The number of hydrogen-bond acceptors (Lipinski definition) is 2. The van der Waals surface area contributed by atoms with Crippen molar-refractivity contribution in [2.45, 2.75) is 13.0 Å². The van der Waals surface area contributed by atoms with E-state index in [-0.39, 0.29) is 0 Å². The van der Waals surface area contributed by atoms with Gasteiger partial charge in [-0.25, -0.2) is 0 Å². The zero-order valence-corrected chi connectivity index (χ0v) is 9.70. The van der Waals surface area contributed by atoms with Crippen LogP contribution in [0.1, 0.15) is 11.1 Å². The molecule has 0 unspecified atom stereocenters. The molecule has 3 heteroatoms. The Balaban J connectivity index is 1.72. The second-order valence-electron chi connectivity index (χ2n) is 3.69. The van der Waals surface area contributed by atoms with Crippen molar-refractivity contribution < 1.29 is 4.42 Å². The van der Waals surface area contributed by atoms with E-state index < -0.39 is 0 Å². The van der Waals surface area contributed by atoms with Crippen molar-refractivity contribution in [3.05, 3.63) is 59.0 Å². The highest BCUT2D eigenvalue weighted by molar-refractivity contribution is 6.30. The Morgan fingerprint density at radius 1 is 1.19 bits per heavy atom. The summed E-state index contributed by atoms with van der Waals surface area (Å²) >= 11 is 5.91. The van der Waals surface area contributed by atoms with Crippen LogP contribution in [-0.4, -0.2) is 6.54 Å². The summed E-state index contributed by atoms with van der Waals surface area (Å²) in [5.41, 5.74) is 2.43. The van der Waals surface area contributed by atoms with Crippen LogP contribution in [0.25, 0.3) is 0 Å². The van der Waals surface area contributed by atoms with Gasteiger partial charge in [-0.2, -0.15) is 0 Å². The lowest BCUT2D eigenvalue weighted by atomic mass is 10.1. The normalized spacial score (nSPS) is 10.6. The molecule has 0 bridgehead atoms. The molecule has 0 atom stereocenters. The maximum absolute atomic E-state index is 5.91. The molecule has 0 amide bonds. The van der Waals surface area contributed by atoms with Gasteiger partial charge in [0, 0.05) is 17.1 Å². The summed E-state index contributed by atoms with van der Waals surface area (Å²) in [4.78, 5) is 0. The van der Waals surface area contributed by atoms with Gasteiger partial charge in [0.05, 0.1) is 12.5 Å². The van der Waals surface area contributed by atoms with Crippen LogP contribution >= 0.6 is 11.6 Å². The zero-order valence-electron chi connectivity index (χ0n) is 8.95. The maximum atomic E-state index is 5.91. The van der Waals surface area contributed by atoms with Crippen molar-refractivity contribution >= 4 is 11.6 Å². The number of hydrogen-bond donors (Lipinski definition) is 1. The fraction of sp³-hybridized carbons (Fsp3) is 0.231. The molecule has 0 saturated carbocycles. The van der Waals surface area contributed by atoms with Crippen LogP contribution in [0.3, 0.4) is 0 Å². The van der Waals surface area contributed by atoms with E-state index in [9.17, 15) is 0 Å². The number of benzene rings is 1. The summed E-state index contributed by atoms with van der Waals surface area (Å²) < 4.78 is 4.99. The van der Waals surface area contributed by atoms with Gasteiger partial charge in [-0.1, -0.05) is 23.7 Å². The fourth-order valence-electron chi connectivity index (χ4n) is 1.55. The Hall–Kier alpha value is -1.25. The molecule has 1 N–H and O–H groups in total. The van der Waals surface area contributed by atoms with Crippen molar-refractivity contribution in [3.8, 4) is 0 Å². The molecular weight excluding hydrogens is 222 g/mol. The van der Waals surface area contributed by atoms with Gasteiger partial charge in [0.1, 0.15) is 0 Å². The molecule has 84 valence electrons. The molecule has 1 aromatic heterocycles. The van der Waals surface area contributed by atoms with Crippen LogP contribution in [0, 0.1) is 0 Å². The first-order valence-electron chi connectivity index (χ1n) is 5.31. The van der Waals surface area contributed by atoms with Crippen LogP contribution in [0.15, 0.2) is 47.3 Å². The minimum absolute atomic E-state index is 0.798.